The molecule has 0 aliphatic carbocycles. The second-order valence-corrected chi connectivity index (χ2v) is 2.29. The van der Waals surface area contributed by atoms with Gasteiger partial charge in [0.2, 0.25) is 5.91 Å². The monoisotopic (exact) mass is 145 g/mol. The fourth-order valence-electron chi connectivity index (χ4n) is 0.651. The van der Waals surface area contributed by atoms with E-state index in [-0.39, 0.29) is 0 Å². The first-order valence-electron chi connectivity index (χ1n) is 3.43. The lowest BCUT2D eigenvalue weighted by Gasteiger charge is -2.04. The summed E-state index contributed by atoms with van der Waals surface area (Å²) in [5.74, 6) is -0.433. The van der Waals surface area contributed by atoms with Gasteiger partial charge in [-0.3, -0.25) is 4.79 Å². The third-order valence-electron chi connectivity index (χ3n) is 1.33. The van der Waals surface area contributed by atoms with Crippen LogP contribution < -0.4 is 17.2 Å². The minimum absolute atomic E-state index is 0.433. The van der Waals surface area contributed by atoms with Gasteiger partial charge in [-0.1, -0.05) is 6.42 Å². The van der Waals surface area contributed by atoms with Gasteiger partial charge in [0.25, 0.3) is 0 Å². The molecule has 4 heteroatoms. The Hall–Kier alpha value is -0.610. The topological polar surface area (TPSA) is 95.1 Å². The van der Waals surface area contributed by atoms with Gasteiger partial charge < -0.3 is 17.2 Å². The predicted octanol–water partition coefficient (Wildman–Crippen LogP) is -1.07. The lowest BCUT2D eigenvalue weighted by molar-refractivity contribution is -0.119. The molecule has 60 valence electrons. The van der Waals surface area contributed by atoms with Crippen LogP contribution in [0.15, 0.2) is 0 Å². The van der Waals surface area contributed by atoms with Crippen LogP contribution in [-0.2, 0) is 4.79 Å². The minimum atomic E-state index is -0.494. The van der Waals surface area contributed by atoms with Crippen LogP contribution in [0, 0.1) is 0 Å². The first-order chi connectivity index (χ1) is 4.68. The third kappa shape index (κ3) is 4.29. The number of rotatable bonds is 5. The van der Waals surface area contributed by atoms with Crippen LogP contribution in [-0.4, -0.2) is 18.5 Å². The van der Waals surface area contributed by atoms with Crippen LogP contribution in [0.5, 0.6) is 0 Å². The van der Waals surface area contributed by atoms with Crippen LogP contribution in [0.4, 0.5) is 0 Å². The number of carbonyl (C=O) groups is 1. The molecule has 0 bridgehead atoms. The molecule has 10 heavy (non-hydrogen) atoms. The number of amides is 1. The highest BCUT2D eigenvalue weighted by molar-refractivity contribution is 5.79. The van der Waals surface area contributed by atoms with Crippen LogP contribution in [0.3, 0.4) is 0 Å². The number of hydrogen-bond acceptors (Lipinski definition) is 3. The van der Waals surface area contributed by atoms with Gasteiger partial charge in [0.05, 0.1) is 6.04 Å². The van der Waals surface area contributed by atoms with Crippen molar-refractivity contribution in [3.63, 3.8) is 0 Å². The second-order valence-electron chi connectivity index (χ2n) is 2.29. The molecule has 0 saturated carbocycles. The van der Waals surface area contributed by atoms with E-state index in [4.69, 9.17) is 17.2 Å². The Morgan fingerprint density at radius 3 is 2.40 bits per heavy atom. The molecule has 0 fully saturated rings. The van der Waals surface area contributed by atoms with E-state index in [0.29, 0.717) is 13.0 Å². The summed E-state index contributed by atoms with van der Waals surface area (Å²) in [6, 6.07) is -0.494. The zero-order valence-corrected chi connectivity index (χ0v) is 6.05. The van der Waals surface area contributed by atoms with E-state index in [0.717, 1.165) is 12.8 Å². The first-order valence-corrected chi connectivity index (χ1v) is 3.43. The highest BCUT2D eigenvalue weighted by atomic mass is 16.1. The number of unbranched alkanes of at least 4 members (excludes halogenated alkanes) is 1. The van der Waals surface area contributed by atoms with Crippen molar-refractivity contribution in [2.45, 2.75) is 25.3 Å². The molecule has 0 radical (unpaired) electrons. The molecule has 0 aliphatic rings. The Balaban J connectivity index is 3.21. The minimum Gasteiger partial charge on any atom is -0.368 e. The maximum absolute atomic E-state index is 10.4. The Labute approximate surface area is 60.7 Å². The molecule has 0 heterocycles. The summed E-state index contributed by atoms with van der Waals surface area (Å²) in [4.78, 5) is 10.4. The Kier molecular flexibility index (Phi) is 4.88. The van der Waals surface area contributed by atoms with Crippen molar-refractivity contribution >= 4 is 5.91 Å². The molecule has 1 atom stereocenters. The van der Waals surface area contributed by atoms with Crippen molar-refractivity contribution in [1.29, 1.82) is 0 Å². The number of carbonyl (C=O) groups excluding carboxylic acids is 1. The molecule has 0 aromatic carbocycles. The van der Waals surface area contributed by atoms with E-state index < -0.39 is 11.9 Å². The fraction of sp³-hybridized carbons (Fsp3) is 0.833. The standard InChI is InChI=1S/C6H15N3O/c7-4-2-1-3-5(8)6(9)10/h5H,1-4,7-8H2,(H2,9,10)/t5-/m0/s1. The van der Waals surface area contributed by atoms with Gasteiger partial charge in [-0.2, -0.15) is 0 Å². The van der Waals surface area contributed by atoms with Gasteiger partial charge in [-0.15, -0.1) is 0 Å². The Morgan fingerprint density at radius 2 is 2.00 bits per heavy atom. The van der Waals surface area contributed by atoms with Crippen LogP contribution >= 0.6 is 0 Å². The Bertz CT molecular complexity index is 105. The molecule has 0 rings (SSSR count). The fourth-order valence-corrected chi connectivity index (χ4v) is 0.651. The van der Waals surface area contributed by atoms with E-state index in [2.05, 4.69) is 0 Å². The van der Waals surface area contributed by atoms with Crippen LogP contribution in [0.1, 0.15) is 19.3 Å². The normalized spacial score (nSPS) is 13.0. The molecule has 0 aromatic heterocycles. The molecule has 0 unspecified atom stereocenters. The molecule has 1 amide bonds. The molecule has 0 saturated heterocycles. The van der Waals surface area contributed by atoms with Crippen molar-refractivity contribution < 1.29 is 4.79 Å². The zero-order valence-electron chi connectivity index (χ0n) is 6.05. The Morgan fingerprint density at radius 1 is 1.40 bits per heavy atom. The van der Waals surface area contributed by atoms with Gasteiger partial charge in [-0.05, 0) is 19.4 Å². The number of primary amides is 1. The van der Waals surface area contributed by atoms with Crippen LogP contribution in [0.2, 0.25) is 0 Å². The summed E-state index contributed by atoms with van der Waals surface area (Å²) in [5, 5.41) is 0. The average molecular weight is 145 g/mol. The van der Waals surface area contributed by atoms with E-state index in [9.17, 15) is 4.79 Å². The summed E-state index contributed by atoms with van der Waals surface area (Å²) in [6.07, 6.45) is 2.42. The first kappa shape index (κ1) is 9.39. The SMILES string of the molecule is NCCCC[C@H](N)C(N)=O. The maximum Gasteiger partial charge on any atom is 0.234 e. The number of nitrogens with two attached hydrogens (primary N) is 3. The molecule has 4 nitrogen and oxygen atoms in total. The highest BCUT2D eigenvalue weighted by Crippen LogP contribution is 1.96. The van der Waals surface area contributed by atoms with Crippen molar-refractivity contribution in [3.05, 3.63) is 0 Å². The largest absolute Gasteiger partial charge is 0.368 e. The molecule has 0 aromatic rings. The molecular weight excluding hydrogens is 130 g/mol. The van der Waals surface area contributed by atoms with E-state index in [1.165, 1.54) is 0 Å². The van der Waals surface area contributed by atoms with Crippen molar-refractivity contribution in [1.82, 2.24) is 0 Å². The van der Waals surface area contributed by atoms with E-state index >= 15 is 0 Å². The molecular formula is C6H15N3O. The zero-order chi connectivity index (χ0) is 7.98. The van der Waals surface area contributed by atoms with Gasteiger partial charge in [0.15, 0.2) is 0 Å². The lowest BCUT2D eigenvalue weighted by atomic mass is 10.1. The summed E-state index contributed by atoms with van der Waals surface area (Å²) in [5.41, 5.74) is 15.5. The predicted molar refractivity (Wildman–Crippen MR) is 40.1 cm³/mol. The molecule has 0 spiro atoms. The number of hydrogen-bond donors (Lipinski definition) is 3. The maximum atomic E-state index is 10.4. The van der Waals surface area contributed by atoms with Gasteiger partial charge in [0.1, 0.15) is 0 Å². The van der Waals surface area contributed by atoms with Gasteiger partial charge in [-0.25, -0.2) is 0 Å². The molecule has 6 N–H and O–H groups in total. The second kappa shape index (κ2) is 5.20. The summed E-state index contributed by atoms with van der Waals surface area (Å²) >= 11 is 0. The van der Waals surface area contributed by atoms with Crippen molar-refractivity contribution in [2.75, 3.05) is 6.54 Å². The smallest absolute Gasteiger partial charge is 0.234 e. The summed E-state index contributed by atoms with van der Waals surface area (Å²) < 4.78 is 0. The quantitative estimate of drug-likeness (QED) is 0.430. The van der Waals surface area contributed by atoms with Gasteiger partial charge in [0, 0.05) is 0 Å². The summed E-state index contributed by atoms with van der Waals surface area (Å²) in [6.45, 7) is 0.644. The van der Waals surface area contributed by atoms with E-state index in [1.807, 2.05) is 0 Å². The molecule has 0 aliphatic heterocycles. The van der Waals surface area contributed by atoms with Crippen LogP contribution in [0.25, 0.3) is 0 Å². The van der Waals surface area contributed by atoms with Crippen molar-refractivity contribution in [3.8, 4) is 0 Å². The van der Waals surface area contributed by atoms with E-state index in [1.54, 1.807) is 0 Å². The summed E-state index contributed by atoms with van der Waals surface area (Å²) in [7, 11) is 0. The van der Waals surface area contributed by atoms with Gasteiger partial charge >= 0.3 is 0 Å². The third-order valence-corrected chi connectivity index (χ3v) is 1.33. The van der Waals surface area contributed by atoms with Crippen molar-refractivity contribution in [2.24, 2.45) is 17.2 Å². The lowest BCUT2D eigenvalue weighted by Crippen LogP contribution is -2.36. The highest BCUT2D eigenvalue weighted by Gasteiger charge is 2.06. The average Bonchev–Trinajstić information content (AvgIpc) is 1.88.